The van der Waals surface area contributed by atoms with Crippen LogP contribution < -0.4 is 10.4 Å². The first-order valence-corrected chi connectivity index (χ1v) is 12.6. The number of hydrogen-bond acceptors (Lipinski definition) is 0. The van der Waals surface area contributed by atoms with Gasteiger partial charge in [0.25, 0.3) is 0 Å². The van der Waals surface area contributed by atoms with E-state index in [1.165, 1.54) is 82.4 Å². The van der Waals surface area contributed by atoms with E-state index in [-0.39, 0.29) is 0 Å². The van der Waals surface area contributed by atoms with E-state index >= 15 is 0 Å². The van der Waals surface area contributed by atoms with Gasteiger partial charge in [-0.1, -0.05) is 91.0 Å². The number of benzene rings is 5. The van der Waals surface area contributed by atoms with Gasteiger partial charge in [-0.25, -0.2) is 0 Å². The third kappa shape index (κ3) is 2.10. The molecule has 2 unspecified atom stereocenters. The van der Waals surface area contributed by atoms with Crippen molar-refractivity contribution in [2.45, 2.75) is 12.8 Å². The molecule has 0 aliphatic heterocycles. The zero-order valence-electron chi connectivity index (χ0n) is 19.5. The summed E-state index contributed by atoms with van der Waals surface area (Å²) in [5.74, 6) is 0.730. The average molecular weight is 443 g/mol. The van der Waals surface area contributed by atoms with Crippen LogP contribution in [0.3, 0.4) is 0 Å². The molecule has 0 radical (unpaired) electrons. The quantitative estimate of drug-likeness (QED) is 0.233. The van der Waals surface area contributed by atoms with Gasteiger partial charge in [0, 0.05) is 11.8 Å². The monoisotopic (exact) mass is 442 g/mol. The molecule has 0 fully saturated rings. The molecule has 0 heterocycles. The smallest absolute Gasteiger partial charge is 0.0138 e. The van der Waals surface area contributed by atoms with Crippen molar-refractivity contribution in [1.82, 2.24) is 0 Å². The molecule has 0 N–H and O–H groups in total. The van der Waals surface area contributed by atoms with E-state index in [0.29, 0.717) is 11.8 Å². The van der Waals surface area contributed by atoms with Crippen LogP contribution in [0.5, 0.6) is 0 Å². The zero-order valence-corrected chi connectivity index (χ0v) is 19.5. The minimum atomic E-state index is 0.355. The molecule has 162 valence electrons. The average Bonchev–Trinajstić information content (AvgIpc) is 3.40. The zero-order chi connectivity index (χ0) is 22.8. The Kier molecular flexibility index (Phi) is 3.17. The molecule has 0 saturated heterocycles. The van der Waals surface area contributed by atoms with Crippen LogP contribution in [0.25, 0.3) is 61.9 Å². The highest BCUT2D eigenvalue weighted by atomic mass is 14.4. The van der Waals surface area contributed by atoms with Crippen molar-refractivity contribution < 1.29 is 0 Å². The summed E-state index contributed by atoms with van der Waals surface area (Å²) in [6.07, 6.45) is 7.40. The fourth-order valence-electron chi connectivity index (χ4n) is 7.36. The van der Waals surface area contributed by atoms with Crippen LogP contribution in [0.2, 0.25) is 0 Å². The molecule has 0 saturated carbocycles. The van der Waals surface area contributed by atoms with Crippen molar-refractivity contribution in [3.8, 4) is 33.4 Å². The molecular formula is C35H22. The second-order valence-corrected chi connectivity index (χ2v) is 10.5. The minimum Gasteiger partial charge on any atom is -0.0754 e. The van der Waals surface area contributed by atoms with Gasteiger partial charge in [-0.2, -0.15) is 0 Å². The van der Waals surface area contributed by atoms with Crippen LogP contribution in [0.1, 0.15) is 28.2 Å². The molecule has 2 atom stereocenters. The molecule has 4 aliphatic carbocycles. The third-order valence-electron chi connectivity index (χ3n) is 8.86. The lowest BCUT2D eigenvalue weighted by Crippen LogP contribution is -2.35. The highest BCUT2D eigenvalue weighted by molar-refractivity contribution is 6.16. The van der Waals surface area contributed by atoms with E-state index in [1.54, 1.807) is 0 Å². The van der Waals surface area contributed by atoms with Crippen molar-refractivity contribution in [2.75, 3.05) is 0 Å². The molecule has 4 aliphatic rings. The minimum absolute atomic E-state index is 0.355. The molecule has 0 bridgehead atoms. The van der Waals surface area contributed by atoms with Gasteiger partial charge in [0.1, 0.15) is 0 Å². The number of allylic oxidation sites excluding steroid dienone is 1. The Morgan fingerprint density at radius 2 is 1.37 bits per heavy atom. The summed E-state index contributed by atoms with van der Waals surface area (Å²) < 4.78 is 0. The summed E-state index contributed by atoms with van der Waals surface area (Å²) in [6, 6.07) is 32.2. The number of aryl methyl sites for hydroxylation is 1. The topological polar surface area (TPSA) is 0 Å². The Bertz CT molecular complexity index is 1960. The predicted molar refractivity (Wildman–Crippen MR) is 146 cm³/mol. The highest BCUT2D eigenvalue weighted by Crippen LogP contribution is 2.52. The lowest BCUT2D eigenvalue weighted by atomic mass is 9.71. The van der Waals surface area contributed by atoms with E-state index in [2.05, 4.69) is 110 Å². The van der Waals surface area contributed by atoms with Crippen LogP contribution in [-0.2, 0) is 0 Å². The molecule has 5 aromatic rings. The Hall–Kier alpha value is -4.16. The van der Waals surface area contributed by atoms with Gasteiger partial charge in [-0.15, -0.1) is 0 Å². The standard InChI is InChI=1S/C35H22/c1-19-12-14-27-32-18-29-20(16-31(32)26-11-5-9-22(19)34(26)27)13-15-28-30(29)17-21-6-4-10-24-23-7-2-3-8-25(23)35(28)33(21)24/h2-18,28,30H,1H3. The number of rotatable bonds is 0. The van der Waals surface area contributed by atoms with Crippen LogP contribution in [0.15, 0.2) is 91.0 Å². The molecule has 0 amide bonds. The van der Waals surface area contributed by atoms with Gasteiger partial charge in [0.05, 0.1) is 0 Å². The summed E-state index contributed by atoms with van der Waals surface area (Å²) in [5, 5.41) is 5.65. The summed E-state index contributed by atoms with van der Waals surface area (Å²) >= 11 is 0. The van der Waals surface area contributed by atoms with Gasteiger partial charge in [0.2, 0.25) is 0 Å². The fourth-order valence-corrected chi connectivity index (χ4v) is 7.36. The van der Waals surface area contributed by atoms with E-state index in [4.69, 9.17) is 0 Å². The molecule has 0 aromatic heterocycles. The molecule has 5 aromatic carbocycles. The van der Waals surface area contributed by atoms with Crippen LogP contribution in [-0.4, -0.2) is 0 Å². The van der Waals surface area contributed by atoms with E-state index in [1.807, 2.05) is 0 Å². The first-order valence-electron chi connectivity index (χ1n) is 12.6. The van der Waals surface area contributed by atoms with Crippen molar-refractivity contribution >= 4 is 28.5 Å². The Labute approximate surface area is 204 Å². The summed E-state index contributed by atoms with van der Waals surface area (Å²) in [4.78, 5) is 0. The van der Waals surface area contributed by atoms with Gasteiger partial charge in [0.15, 0.2) is 0 Å². The largest absolute Gasteiger partial charge is 0.0754 e. The first-order chi connectivity index (χ1) is 17.3. The second kappa shape index (κ2) is 6.09. The molecule has 9 rings (SSSR count). The molecule has 0 spiro atoms. The van der Waals surface area contributed by atoms with Gasteiger partial charge >= 0.3 is 0 Å². The molecule has 0 nitrogen and oxygen atoms in total. The maximum atomic E-state index is 2.54. The van der Waals surface area contributed by atoms with Gasteiger partial charge < -0.3 is 0 Å². The number of hydrogen-bond donors (Lipinski definition) is 0. The van der Waals surface area contributed by atoms with Crippen LogP contribution in [0.4, 0.5) is 0 Å². The van der Waals surface area contributed by atoms with E-state index in [9.17, 15) is 0 Å². The summed E-state index contributed by atoms with van der Waals surface area (Å²) in [7, 11) is 0. The lowest BCUT2D eigenvalue weighted by molar-refractivity contribution is 0.737. The first kappa shape index (κ1) is 18.2. The van der Waals surface area contributed by atoms with Crippen molar-refractivity contribution in [3.05, 3.63) is 124 Å². The van der Waals surface area contributed by atoms with E-state index in [0.717, 1.165) is 0 Å². The normalized spacial score (nSPS) is 19.1. The second-order valence-electron chi connectivity index (χ2n) is 10.5. The third-order valence-corrected chi connectivity index (χ3v) is 8.86. The summed E-state index contributed by atoms with van der Waals surface area (Å²) in [6.45, 7) is 2.23. The molecular weight excluding hydrogens is 420 g/mol. The van der Waals surface area contributed by atoms with E-state index < -0.39 is 0 Å². The van der Waals surface area contributed by atoms with Crippen molar-refractivity contribution in [1.29, 1.82) is 0 Å². The van der Waals surface area contributed by atoms with Crippen molar-refractivity contribution in [3.63, 3.8) is 0 Å². The fraction of sp³-hybridized carbons (Fsp3) is 0.0857. The Morgan fingerprint density at radius 1 is 0.600 bits per heavy atom. The Morgan fingerprint density at radius 3 is 2.31 bits per heavy atom. The highest BCUT2D eigenvalue weighted by Gasteiger charge is 2.36. The van der Waals surface area contributed by atoms with Gasteiger partial charge in [-0.05, 0) is 101 Å². The van der Waals surface area contributed by atoms with Crippen molar-refractivity contribution in [2.24, 2.45) is 5.92 Å². The van der Waals surface area contributed by atoms with Gasteiger partial charge in [-0.3, -0.25) is 0 Å². The summed E-state index contributed by atoms with van der Waals surface area (Å²) in [5.41, 5.74) is 15.5. The lowest BCUT2D eigenvalue weighted by Gasteiger charge is -2.32. The predicted octanol–water partition coefficient (Wildman–Crippen LogP) is 7.20. The number of fused-ring (bicyclic) bond motifs is 10. The maximum absolute atomic E-state index is 2.54. The van der Waals surface area contributed by atoms with Crippen LogP contribution in [0, 0.1) is 12.8 Å². The van der Waals surface area contributed by atoms with Crippen LogP contribution >= 0.6 is 0 Å². The SMILES string of the molecule is Cc1ccc2c3c(cccc13)-c1cc3c(cc1-2)C1C=c2cccc4c2=C(c2ccccc2-4)C1C=C3. The maximum Gasteiger partial charge on any atom is 0.0138 e. The molecule has 35 heavy (non-hydrogen) atoms. The Balaban J connectivity index is 1.32. The molecule has 0 heteroatoms.